The van der Waals surface area contributed by atoms with Crippen LogP contribution in [0.2, 0.25) is 10.0 Å². The molecule has 0 aromatic heterocycles. The molecule has 5 nitrogen and oxygen atoms in total. The number of carbonyl (C=O) groups excluding carboxylic acids is 1. The predicted molar refractivity (Wildman–Crippen MR) is 65.8 cm³/mol. The van der Waals surface area contributed by atoms with Gasteiger partial charge in [-0.25, -0.2) is 13.6 Å². The molecule has 0 heterocycles. The van der Waals surface area contributed by atoms with Crippen LogP contribution in [0.25, 0.3) is 0 Å². The standard InChI is InChI=1S/C9H10Cl2N2O3S/c1-2-13-9(14)5-3-8(17(12,15)16)7(11)4-6(5)10/h3-4H,2H2,1H3,(H,13,14)(H2,12,15,16). The Labute approximate surface area is 109 Å². The zero-order chi connectivity index (χ0) is 13.2. The molecule has 0 saturated carbocycles. The van der Waals surface area contributed by atoms with Crippen LogP contribution in [-0.4, -0.2) is 20.9 Å². The molecule has 1 aromatic carbocycles. The summed E-state index contributed by atoms with van der Waals surface area (Å²) in [6.45, 7) is 2.12. The molecule has 0 bridgehead atoms. The van der Waals surface area contributed by atoms with Crippen molar-refractivity contribution in [1.82, 2.24) is 5.32 Å². The third-order valence-electron chi connectivity index (χ3n) is 1.91. The molecule has 0 unspecified atom stereocenters. The van der Waals surface area contributed by atoms with Gasteiger partial charge in [-0.15, -0.1) is 0 Å². The summed E-state index contributed by atoms with van der Waals surface area (Å²) < 4.78 is 22.4. The van der Waals surface area contributed by atoms with E-state index < -0.39 is 15.9 Å². The number of nitrogens with two attached hydrogens (primary N) is 1. The van der Waals surface area contributed by atoms with Gasteiger partial charge in [-0.2, -0.15) is 0 Å². The van der Waals surface area contributed by atoms with Crippen LogP contribution in [0.1, 0.15) is 17.3 Å². The van der Waals surface area contributed by atoms with E-state index in [0.29, 0.717) is 6.54 Å². The minimum absolute atomic E-state index is 0.0157. The lowest BCUT2D eigenvalue weighted by Crippen LogP contribution is -2.24. The number of carbonyl (C=O) groups is 1. The summed E-state index contributed by atoms with van der Waals surface area (Å²) in [6.07, 6.45) is 0. The average Bonchev–Trinajstić information content (AvgIpc) is 2.15. The van der Waals surface area contributed by atoms with Crippen molar-refractivity contribution in [2.45, 2.75) is 11.8 Å². The number of hydrogen-bond donors (Lipinski definition) is 2. The van der Waals surface area contributed by atoms with E-state index >= 15 is 0 Å². The van der Waals surface area contributed by atoms with Crippen LogP contribution < -0.4 is 10.5 Å². The number of amides is 1. The molecule has 3 N–H and O–H groups in total. The summed E-state index contributed by atoms with van der Waals surface area (Å²) >= 11 is 11.5. The molecule has 0 aliphatic rings. The Morgan fingerprint density at radius 1 is 1.35 bits per heavy atom. The number of hydrogen-bond acceptors (Lipinski definition) is 3. The topological polar surface area (TPSA) is 89.3 Å². The molecule has 1 amide bonds. The van der Waals surface area contributed by atoms with E-state index in [2.05, 4.69) is 5.32 Å². The molecule has 0 radical (unpaired) electrons. The van der Waals surface area contributed by atoms with E-state index in [1.807, 2.05) is 0 Å². The van der Waals surface area contributed by atoms with Gasteiger partial charge in [0.05, 0.1) is 15.6 Å². The van der Waals surface area contributed by atoms with Crippen molar-refractivity contribution in [3.8, 4) is 0 Å². The summed E-state index contributed by atoms with van der Waals surface area (Å²) in [5.41, 5.74) is 0.0157. The summed E-state index contributed by atoms with van der Waals surface area (Å²) in [5.74, 6) is -0.487. The maximum Gasteiger partial charge on any atom is 0.252 e. The first kappa shape index (κ1) is 14.2. The first-order valence-electron chi connectivity index (χ1n) is 4.57. The van der Waals surface area contributed by atoms with Crippen molar-refractivity contribution < 1.29 is 13.2 Å². The van der Waals surface area contributed by atoms with Crippen molar-refractivity contribution in [2.24, 2.45) is 5.14 Å². The summed E-state index contributed by atoms with van der Waals surface area (Å²) in [5, 5.41) is 7.41. The molecule has 0 aliphatic carbocycles. The van der Waals surface area contributed by atoms with Gasteiger partial charge in [-0.3, -0.25) is 4.79 Å². The number of sulfonamides is 1. The molecule has 8 heteroatoms. The van der Waals surface area contributed by atoms with Crippen LogP contribution in [0, 0.1) is 0 Å². The molecule has 0 spiro atoms. The average molecular weight is 297 g/mol. The van der Waals surface area contributed by atoms with E-state index in [1.165, 1.54) is 6.07 Å². The fourth-order valence-electron chi connectivity index (χ4n) is 1.18. The second-order valence-electron chi connectivity index (χ2n) is 3.17. The van der Waals surface area contributed by atoms with E-state index in [0.717, 1.165) is 6.07 Å². The highest BCUT2D eigenvalue weighted by Gasteiger charge is 2.19. The summed E-state index contributed by atoms with van der Waals surface area (Å²) in [6, 6.07) is 2.23. The van der Waals surface area contributed by atoms with Crippen LogP contribution in [0.5, 0.6) is 0 Å². The highest BCUT2D eigenvalue weighted by molar-refractivity contribution is 7.89. The minimum Gasteiger partial charge on any atom is -0.352 e. The molecule has 0 atom stereocenters. The Morgan fingerprint density at radius 2 is 1.94 bits per heavy atom. The summed E-state index contributed by atoms with van der Waals surface area (Å²) in [7, 11) is -3.99. The lowest BCUT2D eigenvalue weighted by molar-refractivity contribution is 0.0956. The number of benzene rings is 1. The quantitative estimate of drug-likeness (QED) is 0.883. The Balaban J connectivity index is 3.39. The maximum absolute atomic E-state index is 11.6. The third-order valence-corrected chi connectivity index (χ3v) is 3.60. The van der Waals surface area contributed by atoms with Crippen LogP contribution in [0.3, 0.4) is 0 Å². The van der Waals surface area contributed by atoms with Crippen LogP contribution >= 0.6 is 23.2 Å². The lowest BCUT2D eigenvalue weighted by Gasteiger charge is -2.08. The van der Waals surface area contributed by atoms with Gasteiger partial charge < -0.3 is 5.32 Å². The lowest BCUT2D eigenvalue weighted by atomic mass is 10.2. The SMILES string of the molecule is CCNC(=O)c1cc(S(N)(=O)=O)c(Cl)cc1Cl. The molecule has 0 saturated heterocycles. The molecule has 94 valence electrons. The molecule has 1 aromatic rings. The van der Waals surface area contributed by atoms with Gasteiger partial charge in [0, 0.05) is 6.54 Å². The number of nitrogens with one attached hydrogen (secondary N) is 1. The van der Waals surface area contributed by atoms with Gasteiger partial charge in [0.15, 0.2) is 0 Å². The fraction of sp³-hybridized carbons (Fsp3) is 0.222. The van der Waals surface area contributed by atoms with Crippen LogP contribution in [0.4, 0.5) is 0 Å². The minimum atomic E-state index is -3.99. The predicted octanol–water partition coefficient (Wildman–Crippen LogP) is 1.39. The van der Waals surface area contributed by atoms with Gasteiger partial charge in [0.25, 0.3) is 5.91 Å². The summed E-state index contributed by atoms with van der Waals surface area (Å²) in [4.78, 5) is 11.3. The Bertz CT molecular complexity index is 558. The van der Waals surface area contributed by atoms with Gasteiger partial charge in [-0.05, 0) is 19.1 Å². The van der Waals surface area contributed by atoms with E-state index in [-0.39, 0.29) is 20.5 Å². The Morgan fingerprint density at radius 3 is 2.41 bits per heavy atom. The van der Waals surface area contributed by atoms with E-state index in [4.69, 9.17) is 28.3 Å². The van der Waals surface area contributed by atoms with Crippen LogP contribution in [0.15, 0.2) is 17.0 Å². The first-order valence-corrected chi connectivity index (χ1v) is 6.87. The maximum atomic E-state index is 11.6. The van der Waals surface area contributed by atoms with Gasteiger partial charge in [0.1, 0.15) is 4.90 Å². The highest BCUT2D eigenvalue weighted by Crippen LogP contribution is 2.27. The molecule has 0 fully saturated rings. The van der Waals surface area contributed by atoms with Gasteiger partial charge >= 0.3 is 0 Å². The third kappa shape index (κ3) is 3.32. The van der Waals surface area contributed by atoms with E-state index in [9.17, 15) is 13.2 Å². The fourth-order valence-corrected chi connectivity index (χ4v) is 2.58. The normalized spacial score (nSPS) is 11.3. The molecule has 0 aliphatic heterocycles. The Hall–Kier alpha value is -0.820. The smallest absolute Gasteiger partial charge is 0.252 e. The molecular weight excluding hydrogens is 287 g/mol. The molecular formula is C9H10Cl2N2O3S. The first-order chi connectivity index (χ1) is 7.77. The second-order valence-corrected chi connectivity index (χ2v) is 5.51. The Kier molecular flexibility index (Phi) is 4.37. The van der Waals surface area contributed by atoms with Crippen molar-refractivity contribution in [1.29, 1.82) is 0 Å². The number of rotatable bonds is 3. The monoisotopic (exact) mass is 296 g/mol. The van der Waals surface area contributed by atoms with Crippen molar-refractivity contribution in [2.75, 3.05) is 6.54 Å². The van der Waals surface area contributed by atoms with Crippen molar-refractivity contribution in [3.05, 3.63) is 27.7 Å². The zero-order valence-corrected chi connectivity index (χ0v) is 11.2. The van der Waals surface area contributed by atoms with Gasteiger partial charge in [0.2, 0.25) is 10.0 Å². The van der Waals surface area contributed by atoms with Crippen molar-refractivity contribution in [3.63, 3.8) is 0 Å². The second kappa shape index (κ2) is 5.22. The molecule has 1 rings (SSSR count). The van der Waals surface area contributed by atoms with Crippen LogP contribution in [-0.2, 0) is 10.0 Å². The van der Waals surface area contributed by atoms with Crippen molar-refractivity contribution >= 4 is 39.1 Å². The molecule has 17 heavy (non-hydrogen) atoms. The zero-order valence-electron chi connectivity index (χ0n) is 8.83. The van der Waals surface area contributed by atoms with Gasteiger partial charge in [-0.1, -0.05) is 23.2 Å². The number of primary sulfonamides is 1. The highest BCUT2D eigenvalue weighted by atomic mass is 35.5. The van der Waals surface area contributed by atoms with E-state index in [1.54, 1.807) is 6.92 Å². The largest absolute Gasteiger partial charge is 0.352 e. The number of halogens is 2.